The van der Waals surface area contributed by atoms with Crippen LogP contribution in [-0.4, -0.2) is 26.3 Å². The molecule has 4 nitrogen and oxygen atoms in total. The van der Waals surface area contributed by atoms with Crippen LogP contribution in [0.15, 0.2) is 48.5 Å². The van der Waals surface area contributed by atoms with E-state index in [2.05, 4.69) is 16.1 Å². The summed E-state index contributed by atoms with van der Waals surface area (Å²) in [7, 11) is 0. The molecule has 25 heavy (non-hydrogen) atoms. The Hall–Kier alpha value is -1.66. The summed E-state index contributed by atoms with van der Waals surface area (Å²) in [5.74, 6) is 0. The van der Waals surface area contributed by atoms with Crippen molar-refractivity contribution in [1.29, 1.82) is 0 Å². The highest BCUT2D eigenvalue weighted by Crippen LogP contribution is 2.26. The zero-order chi connectivity index (χ0) is 17.2. The zero-order valence-electron chi connectivity index (χ0n) is 13.8. The molecule has 0 fully saturated rings. The molecule has 0 aliphatic carbocycles. The van der Waals surface area contributed by atoms with Crippen molar-refractivity contribution in [1.82, 2.24) is 14.7 Å². The van der Waals surface area contributed by atoms with Gasteiger partial charge in [0.05, 0.1) is 15.7 Å². The molecule has 0 amide bonds. The van der Waals surface area contributed by atoms with Gasteiger partial charge in [-0.25, -0.2) is 0 Å². The van der Waals surface area contributed by atoms with Gasteiger partial charge in [-0.05, 0) is 30.2 Å². The highest BCUT2D eigenvalue weighted by atomic mass is 35.5. The number of nitrogens with zero attached hydrogens (tertiary/aromatic N) is 3. The third-order valence-electron chi connectivity index (χ3n) is 4.52. The van der Waals surface area contributed by atoms with Crippen LogP contribution in [0.25, 0.3) is 0 Å². The fourth-order valence-electron chi connectivity index (χ4n) is 3.28. The number of aryl methyl sites for hydroxylation is 1. The van der Waals surface area contributed by atoms with Gasteiger partial charge >= 0.3 is 0 Å². The number of halogens is 1. The van der Waals surface area contributed by atoms with Crippen molar-refractivity contribution in [2.24, 2.45) is 0 Å². The van der Waals surface area contributed by atoms with Crippen LogP contribution in [0.1, 0.15) is 34.4 Å². The molecule has 0 spiro atoms. The Morgan fingerprint density at radius 2 is 2.00 bits per heavy atom. The van der Waals surface area contributed by atoms with E-state index in [0.29, 0.717) is 0 Å². The zero-order valence-corrected chi connectivity index (χ0v) is 15.4. The van der Waals surface area contributed by atoms with Gasteiger partial charge in [-0.1, -0.05) is 41.9 Å². The largest absolute Gasteiger partial charge is 0.382 e. The van der Waals surface area contributed by atoms with Crippen LogP contribution in [0, 0.1) is 0 Å². The molecule has 6 heteroatoms. The maximum absolute atomic E-state index is 10.6. The van der Waals surface area contributed by atoms with Crippen molar-refractivity contribution in [3.63, 3.8) is 0 Å². The average Bonchev–Trinajstić information content (AvgIpc) is 3.16. The number of hydrogen-bond donors (Lipinski definition) is 1. The van der Waals surface area contributed by atoms with Crippen LogP contribution in [0.2, 0.25) is 4.34 Å². The molecule has 0 radical (unpaired) electrons. The first-order chi connectivity index (χ1) is 12.2. The summed E-state index contributed by atoms with van der Waals surface area (Å²) in [6, 6.07) is 15.8. The van der Waals surface area contributed by atoms with E-state index in [0.717, 1.165) is 53.9 Å². The van der Waals surface area contributed by atoms with Crippen molar-refractivity contribution in [3.8, 4) is 0 Å². The van der Waals surface area contributed by atoms with Gasteiger partial charge in [-0.3, -0.25) is 9.58 Å². The first-order valence-electron chi connectivity index (χ1n) is 8.45. The fourth-order valence-corrected chi connectivity index (χ4v) is 4.41. The standard InChI is InChI=1S/C19H20ClN3OS/c20-18-8-7-16(25-18)13-22-9-4-10-23-15(12-22)11-17(21-23)19(24)14-5-2-1-3-6-14/h1-3,5-8,11,19,24H,4,9-10,12-13H2/t19-/m0/s1. The van der Waals surface area contributed by atoms with E-state index in [9.17, 15) is 5.11 Å². The molecule has 0 unspecified atom stereocenters. The Balaban J connectivity index is 1.52. The minimum Gasteiger partial charge on any atom is -0.382 e. The van der Waals surface area contributed by atoms with E-state index in [1.165, 1.54) is 4.88 Å². The predicted octanol–water partition coefficient (Wildman–Crippen LogP) is 4.09. The third kappa shape index (κ3) is 3.80. The molecular weight excluding hydrogens is 354 g/mol. The van der Waals surface area contributed by atoms with E-state index in [4.69, 9.17) is 11.6 Å². The minimum atomic E-state index is -0.676. The molecule has 130 valence electrons. The molecule has 1 atom stereocenters. The lowest BCUT2D eigenvalue weighted by Gasteiger charge is -2.18. The Bertz CT molecular complexity index is 845. The minimum absolute atomic E-state index is 0.676. The molecule has 0 saturated carbocycles. The number of aliphatic hydroxyl groups excluding tert-OH is 1. The second kappa shape index (κ2) is 7.30. The Morgan fingerprint density at radius 3 is 2.76 bits per heavy atom. The van der Waals surface area contributed by atoms with Crippen LogP contribution in [0.5, 0.6) is 0 Å². The van der Waals surface area contributed by atoms with Crippen molar-refractivity contribution < 1.29 is 5.11 Å². The van der Waals surface area contributed by atoms with E-state index in [1.807, 2.05) is 47.1 Å². The van der Waals surface area contributed by atoms with Crippen LogP contribution in [0.3, 0.4) is 0 Å². The van der Waals surface area contributed by atoms with Crippen molar-refractivity contribution >= 4 is 22.9 Å². The van der Waals surface area contributed by atoms with Crippen LogP contribution >= 0.6 is 22.9 Å². The second-order valence-corrected chi connectivity index (χ2v) is 8.17. The van der Waals surface area contributed by atoms with Gasteiger partial charge in [0.2, 0.25) is 0 Å². The number of aromatic nitrogens is 2. The van der Waals surface area contributed by atoms with Crippen molar-refractivity contribution in [3.05, 3.63) is 74.7 Å². The number of aliphatic hydroxyl groups is 1. The Kier molecular flexibility index (Phi) is 4.90. The Labute approximate surface area is 156 Å². The van der Waals surface area contributed by atoms with E-state index < -0.39 is 6.10 Å². The van der Waals surface area contributed by atoms with Gasteiger partial charge in [0.15, 0.2) is 0 Å². The smallest absolute Gasteiger partial charge is 0.123 e. The molecule has 1 N–H and O–H groups in total. The van der Waals surface area contributed by atoms with Crippen LogP contribution in [0.4, 0.5) is 0 Å². The summed E-state index contributed by atoms with van der Waals surface area (Å²) in [5.41, 5.74) is 2.76. The number of hydrogen-bond acceptors (Lipinski definition) is 4. The lowest BCUT2D eigenvalue weighted by molar-refractivity contribution is 0.213. The normalized spacial score (nSPS) is 16.4. The molecule has 4 rings (SSSR count). The van der Waals surface area contributed by atoms with Gasteiger partial charge in [-0.15, -0.1) is 11.3 Å². The number of fused-ring (bicyclic) bond motifs is 1. The number of benzene rings is 1. The Morgan fingerprint density at radius 1 is 1.16 bits per heavy atom. The average molecular weight is 374 g/mol. The lowest BCUT2D eigenvalue weighted by Crippen LogP contribution is -2.22. The predicted molar refractivity (Wildman–Crippen MR) is 101 cm³/mol. The maximum atomic E-state index is 10.6. The quantitative estimate of drug-likeness (QED) is 0.749. The summed E-state index contributed by atoms with van der Waals surface area (Å²) in [5, 5.41) is 15.3. The number of thiophene rings is 1. The summed E-state index contributed by atoms with van der Waals surface area (Å²) in [6.45, 7) is 3.66. The van der Waals surface area contributed by atoms with Crippen molar-refractivity contribution in [2.45, 2.75) is 32.2 Å². The van der Waals surface area contributed by atoms with E-state index >= 15 is 0 Å². The van der Waals surface area contributed by atoms with Crippen molar-refractivity contribution in [2.75, 3.05) is 6.54 Å². The molecule has 2 aromatic heterocycles. The molecule has 1 aliphatic rings. The molecule has 0 bridgehead atoms. The van der Waals surface area contributed by atoms with E-state index in [-0.39, 0.29) is 0 Å². The molecule has 1 aliphatic heterocycles. The third-order valence-corrected chi connectivity index (χ3v) is 5.73. The molecule has 3 heterocycles. The van der Waals surface area contributed by atoms with Crippen LogP contribution in [-0.2, 0) is 19.6 Å². The SMILES string of the molecule is O[C@@H](c1ccccc1)c1cc2n(n1)CCCN(Cc1ccc(Cl)s1)C2. The summed E-state index contributed by atoms with van der Waals surface area (Å²) < 4.78 is 2.88. The van der Waals surface area contributed by atoms with Gasteiger partial charge in [0, 0.05) is 31.1 Å². The van der Waals surface area contributed by atoms with Crippen LogP contribution < -0.4 is 0 Å². The summed E-state index contributed by atoms with van der Waals surface area (Å²) in [4.78, 5) is 3.70. The molecule has 3 aromatic rings. The fraction of sp³-hybridized carbons (Fsp3) is 0.316. The maximum Gasteiger partial charge on any atom is 0.123 e. The number of rotatable bonds is 4. The highest BCUT2D eigenvalue weighted by Gasteiger charge is 2.21. The second-order valence-electron chi connectivity index (χ2n) is 6.37. The van der Waals surface area contributed by atoms with Gasteiger partial charge in [-0.2, -0.15) is 5.10 Å². The monoisotopic (exact) mass is 373 g/mol. The first kappa shape index (κ1) is 16.8. The molecule has 0 saturated heterocycles. The lowest BCUT2D eigenvalue weighted by atomic mass is 10.1. The topological polar surface area (TPSA) is 41.3 Å². The first-order valence-corrected chi connectivity index (χ1v) is 9.65. The molecule has 1 aromatic carbocycles. The highest BCUT2D eigenvalue weighted by molar-refractivity contribution is 7.16. The summed E-state index contributed by atoms with van der Waals surface area (Å²) >= 11 is 7.68. The van der Waals surface area contributed by atoms with Gasteiger partial charge in [0.25, 0.3) is 0 Å². The van der Waals surface area contributed by atoms with Gasteiger partial charge < -0.3 is 5.11 Å². The van der Waals surface area contributed by atoms with Gasteiger partial charge in [0.1, 0.15) is 6.10 Å². The van der Waals surface area contributed by atoms with E-state index in [1.54, 1.807) is 11.3 Å². The molecular formula is C19H20ClN3OS. The summed E-state index contributed by atoms with van der Waals surface area (Å²) in [6.07, 6.45) is 0.374.